The molecule has 0 aliphatic rings. The van der Waals surface area contributed by atoms with Crippen molar-refractivity contribution in [3.8, 4) is 0 Å². The van der Waals surface area contributed by atoms with Crippen LogP contribution in [0.15, 0.2) is 21.4 Å². The normalized spacial score (nSPS) is 13.1. The van der Waals surface area contributed by atoms with Gasteiger partial charge in [0.2, 0.25) is 0 Å². The van der Waals surface area contributed by atoms with E-state index in [1.165, 1.54) is 19.9 Å². The summed E-state index contributed by atoms with van der Waals surface area (Å²) in [5.74, 6) is 0. The molecule has 0 heterocycles. The van der Waals surface area contributed by atoms with Gasteiger partial charge in [0.15, 0.2) is 0 Å². The van der Waals surface area contributed by atoms with E-state index in [2.05, 4.69) is 80.4 Å². The van der Waals surface area contributed by atoms with Gasteiger partial charge < -0.3 is 0 Å². The standard InChI is InChI=1S/C13H19ISi/c1-10-6-7-11(2)12(8-10)9-13(14)15(3,4)5/h6-9H,1-5H3/b13-9-. The molecule has 82 valence electrons. The molecule has 0 nitrogen and oxygen atoms in total. The third kappa shape index (κ3) is 3.76. The van der Waals surface area contributed by atoms with Gasteiger partial charge >= 0.3 is 0 Å². The number of aryl methyl sites for hydroxylation is 2. The summed E-state index contributed by atoms with van der Waals surface area (Å²) < 4.78 is 1.54. The van der Waals surface area contributed by atoms with Crippen molar-refractivity contribution in [3.05, 3.63) is 38.1 Å². The zero-order valence-corrected chi connectivity index (χ0v) is 13.3. The Labute approximate surface area is 108 Å². The van der Waals surface area contributed by atoms with E-state index in [-0.39, 0.29) is 0 Å². The van der Waals surface area contributed by atoms with Gasteiger partial charge in [-0.25, -0.2) is 0 Å². The summed E-state index contributed by atoms with van der Waals surface area (Å²) in [6.45, 7) is 11.5. The third-order valence-corrected chi connectivity index (χ3v) is 9.18. The van der Waals surface area contributed by atoms with Crippen LogP contribution in [0.1, 0.15) is 16.7 Å². The van der Waals surface area contributed by atoms with Gasteiger partial charge in [-0.2, -0.15) is 0 Å². The van der Waals surface area contributed by atoms with Crippen LogP contribution in [-0.2, 0) is 0 Å². The summed E-state index contributed by atoms with van der Waals surface area (Å²) >= 11 is 2.50. The van der Waals surface area contributed by atoms with Gasteiger partial charge in [0.25, 0.3) is 0 Å². The minimum absolute atomic E-state index is 1.14. The Balaban J connectivity index is 3.13. The average molecular weight is 330 g/mol. The van der Waals surface area contributed by atoms with Crippen molar-refractivity contribution < 1.29 is 0 Å². The molecule has 0 fully saturated rings. The second-order valence-electron chi connectivity index (χ2n) is 5.10. The van der Waals surface area contributed by atoms with E-state index in [9.17, 15) is 0 Å². The van der Waals surface area contributed by atoms with Crippen LogP contribution < -0.4 is 0 Å². The predicted molar refractivity (Wildman–Crippen MR) is 81.3 cm³/mol. The molecule has 1 rings (SSSR count). The van der Waals surface area contributed by atoms with Crippen LogP contribution in [0.4, 0.5) is 0 Å². The fourth-order valence-electron chi connectivity index (χ4n) is 1.27. The van der Waals surface area contributed by atoms with Gasteiger partial charge in [0, 0.05) is 0 Å². The van der Waals surface area contributed by atoms with E-state index in [0.29, 0.717) is 0 Å². The molecule has 0 bridgehead atoms. The second-order valence-corrected chi connectivity index (χ2v) is 12.3. The summed E-state index contributed by atoms with van der Waals surface area (Å²) in [7, 11) is -1.14. The highest BCUT2D eigenvalue weighted by molar-refractivity contribution is 14.1. The summed E-state index contributed by atoms with van der Waals surface area (Å²) in [6, 6.07) is 6.65. The molecule has 0 aliphatic carbocycles. The topological polar surface area (TPSA) is 0 Å². The molecular weight excluding hydrogens is 311 g/mol. The zero-order valence-electron chi connectivity index (χ0n) is 10.2. The van der Waals surface area contributed by atoms with Crippen LogP contribution in [0.25, 0.3) is 6.08 Å². The average Bonchev–Trinajstić information content (AvgIpc) is 2.09. The molecule has 0 unspecified atom stereocenters. The van der Waals surface area contributed by atoms with E-state index in [4.69, 9.17) is 0 Å². The molecule has 0 atom stereocenters. The first-order chi connectivity index (χ1) is 6.80. The maximum absolute atomic E-state index is 2.50. The summed E-state index contributed by atoms with van der Waals surface area (Å²) in [4.78, 5) is 0. The Kier molecular flexibility index (Phi) is 4.18. The molecular formula is C13H19ISi. The quantitative estimate of drug-likeness (QED) is 0.531. The Morgan fingerprint density at radius 2 is 1.80 bits per heavy atom. The highest BCUT2D eigenvalue weighted by Gasteiger charge is 2.17. The van der Waals surface area contributed by atoms with Crippen LogP contribution in [0.2, 0.25) is 19.6 Å². The lowest BCUT2D eigenvalue weighted by Gasteiger charge is -2.15. The fraction of sp³-hybridized carbons (Fsp3) is 0.385. The molecule has 1 aromatic rings. The molecule has 0 spiro atoms. The van der Waals surface area contributed by atoms with E-state index in [0.717, 1.165) is 0 Å². The van der Waals surface area contributed by atoms with Crippen LogP contribution in [-0.4, -0.2) is 8.07 Å². The van der Waals surface area contributed by atoms with Crippen LogP contribution >= 0.6 is 22.6 Å². The van der Waals surface area contributed by atoms with Gasteiger partial charge in [-0.15, -0.1) is 0 Å². The summed E-state index contributed by atoms with van der Waals surface area (Å²) in [5.41, 5.74) is 4.08. The molecule has 0 amide bonds. The lowest BCUT2D eigenvalue weighted by Crippen LogP contribution is -2.20. The maximum Gasteiger partial charge on any atom is 0.0854 e. The minimum atomic E-state index is -1.14. The molecule has 1 aromatic carbocycles. The van der Waals surface area contributed by atoms with Crippen molar-refractivity contribution in [2.75, 3.05) is 0 Å². The van der Waals surface area contributed by atoms with Crippen LogP contribution in [0, 0.1) is 13.8 Å². The first kappa shape index (κ1) is 13.0. The van der Waals surface area contributed by atoms with Crippen molar-refractivity contribution in [2.45, 2.75) is 33.5 Å². The number of hydrogen-bond acceptors (Lipinski definition) is 0. The maximum atomic E-state index is 2.50. The Bertz CT molecular complexity index is 386. The Hall–Kier alpha value is -0.0931. The SMILES string of the molecule is Cc1ccc(C)c(/C=C(/I)[Si](C)(C)C)c1. The third-order valence-electron chi connectivity index (χ3n) is 2.43. The lowest BCUT2D eigenvalue weighted by molar-refractivity contribution is 1.38. The highest BCUT2D eigenvalue weighted by atomic mass is 127. The molecule has 2 heteroatoms. The smallest absolute Gasteiger partial charge is 0.0652 e. The summed E-state index contributed by atoms with van der Waals surface area (Å²) in [6.07, 6.45) is 2.36. The monoisotopic (exact) mass is 330 g/mol. The Morgan fingerprint density at radius 3 is 2.33 bits per heavy atom. The molecule has 15 heavy (non-hydrogen) atoms. The molecule has 0 N–H and O–H groups in total. The van der Waals surface area contributed by atoms with Crippen molar-refractivity contribution in [3.63, 3.8) is 0 Å². The fourth-order valence-corrected chi connectivity index (χ4v) is 2.19. The molecule has 0 aromatic heterocycles. The minimum Gasteiger partial charge on any atom is -0.0652 e. The number of rotatable bonds is 2. The summed E-state index contributed by atoms with van der Waals surface area (Å²) in [5, 5.41) is 0. The van der Waals surface area contributed by atoms with Gasteiger partial charge in [0.1, 0.15) is 0 Å². The van der Waals surface area contributed by atoms with Gasteiger partial charge in [-0.05, 0) is 34.3 Å². The molecule has 0 radical (unpaired) electrons. The van der Waals surface area contributed by atoms with Crippen LogP contribution in [0.3, 0.4) is 0 Å². The zero-order chi connectivity index (χ0) is 11.6. The van der Waals surface area contributed by atoms with Crippen LogP contribution in [0.5, 0.6) is 0 Å². The van der Waals surface area contributed by atoms with Crippen molar-refractivity contribution >= 4 is 36.7 Å². The van der Waals surface area contributed by atoms with E-state index in [1.807, 2.05) is 0 Å². The second kappa shape index (κ2) is 4.83. The molecule has 0 saturated carbocycles. The first-order valence-corrected chi connectivity index (χ1v) is 9.83. The molecule has 0 aliphatic heterocycles. The van der Waals surface area contributed by atoms with Crippen molar-refractivity contribution in [2.24, 2.45) is 0 Å². The first-order valence-electron chi connectivity index (χ1n) is 5.25. The highest BCUT2D eigenvalue weighted by Crippen LogP contribution is 2.25. The predicted octanol–water partition coefficient (Wildman–Crippen LogP) is 4.96. The van der Waals surface area contributed by atoms with E-state index >= 15 is 0 Å². The number of halogens is 1. The Morgan fingerprint density at radius 1 is 1.20 bits per heavy atom. The number of benzene rings is 1. The molecule has 0 saturated heterocycles. The lowest BCUT2D eigenvalue weighted by atomic mass is 10.1. The van der Waals surface area contributed by atoms with Gasteiger partial charge in [-0.1, -0.05) is 66.0 Å². The van der Waals surface area contributed by atoms with E-state index < -0.39 is 8.07 Å². The van der Waals surface area contributed by atoms with E-state index in [1.54, 1.807) is 0 Å². The van der Waals surface area contributed by atoms with Gasteiger partial charge in [-0.3, -0.25) is 0 Å². The largest absolute Gasteiger partial charge is 0.0854 e. The number of hydrogen-bond donors (Lipinski definition) is 0. The van der Waals surface area contributed by atoms with Crippen molar-refractivity contribution in [1.82, 2.24) is 0 Å². The van der Waals surface area contributed by atoms with Crippen molar-refractivity contribution in [1.29, 1.82) is 0 Å². The van der Waals surface area contributed by atoms with Gasteiger partial charge in [0.05, 0.1) is 8.07 Å².